The molecule has 0 unspecified atom stereocenters. The Labute approximate surface area is 131 Å². The third-order valence-corrected chi connectivity index (χ3v) is 3.29. The number of carboxylic acid groups (broad SMARTS) is 1. The number of rotatable bonds is 5. The molecule has 1 atom stereocenters. The van der Waals surface area contributed by atoms with Gasteiger partial charge in [0.05, 0.1) is 0 Å². The van der Waals surface area contributed by atoms with Crippen molar-refractivity contribution in [2.75, 3.05) is 0 Å². The molecule has 2 rings (SSSR count). The maximum absolute atomic E-state index is 13.1. The minimum absolute atomic E-state index is 0.00752. The molecule has 0 aromatic heterocycles. The van der Waals surface area contributed by atoms with Gasteiger partial charge in [-0.2, -0.15) is 0 Å². The van der Waals surface area contributed by atoms with Gasteiger partial charge in [-0.05, 0) is 42.0 Å². The molecule has 0 bridgehead atoms. The van der Waals surface area contributed by atoms with E-state index in [4.69, 9.17) is 11.6 Å². The van der Waals surface area contributed by atoms with Gasteiger partial charge in [-0.25, -0.2) is 9.18 Å². The number of aliphatic carboxylic acids is 1. The van der Waals surface area contributed by atoms with Gasteiger partial charge in [0, 0.05) is 17.0 Å². The van der Waals surface area contributed by atoms with Gasteiger partial charge >= 0.3 is 5.97 Å². The average Bonchev–Trinajstić information content (AvgIpc) is 2.47. The Bertz CT molecular complexity index is 688. The second-order valence-electron chi connectivity index (χ2n) is 4.71. The highest BCUT2D eigenvalue weighted by molar-refractivity contribution is 6.30. The van der Waals surface area contributed by atoms with Crippen LogP contribution in [0.4, 0.5) is 4.39 Å². The Morgan fingerprint density at radius 2 is 1.86 bits per heavy atom. The third-order valence-electron chi connectivity index (χ3n) is 3.04. The van der Waals surface area contributed by atoms with E-state index in [0.29, 0.717) is 16.1 Å². The third kappa shape index (κ3) is 4.30. The summed E-state index contributed by atoms with van der Waals surface area (Å²) in [6, 6.07) is 10.5. The van der Waals surface area contributed by atoms with Gasteiger partial charge in [-0.3, -0.25) is 4.79 Å². The average molecular weight is 322 g/mol. The van der Waals surface area contributed by atoms with Crippen molar-refractivity contribution in [1.82, 2.24) is 5.32 Å². The largest absolute Gasteiger partial charge is 0.480 e. The summed E-state index contributed by atoms with van der Waals surface area (Å²) in [5, 5.41) is 12.1. The van der Waals surface area contributed by atoms with Crippen LogP contribution in [0.15, 0.2) is 48.5 Å². The summed E-state index contributed by atoms with van der Waals surface area (Å²) < 4.78 is 13.1. The lowest BCUT2D eigenvalue weighted by atomic mass is 10.1. The first-order valence-electron chi connectivity index (χ1n) is 6.49. The Balaban J connectivity index is 2.10. The van der Waals surface area contributed by atoms with Crippen LogP contribution in [-0.4, -0.2) is 23.0 Å². The molecular weight excluding hydrogens is 309 g/mol. The molecule has 4 nitrogen and oxygen atoms in total. The van der Waals surface area contributed by atoms with Crippen LogP contribution in [-0.2, 0) is 11.2 Å². The highest BCUT2D eigenvalue weighted by atomic mass is 35.5. The summed E-state index contributed by atoms with van der Waals surface area (Å²) in [5.41, 5.74) is 0.790. The zero-order chi connectivity index (χ0) is 16.1. The molecule has 0 aliphatic rings. The van der Waals surface area contributed by atoms with Crippen LogP contribution >= 0.6 is 11.6 Å². The molecule has 6 heteroatoms. The predicted molar refractivity (Wildman–Crippen MR) is 80.4 cm³/mol. The van der Waals surface area contributed by atoms with Crippen molar-refractivity contribution in [1.29, 1.82) is 0 Å². The second-order valence-corrected chi connectivity index (χ2v) is 5.14. The zero-order valence-electron chi connectivity index (χ0n) is 11.4. The predicted octanol–water partition coefficient (Wildman–Crippen LogP) is 2.90. The molecule has 2 aromatic carbocycles. The van der Waals surface area contributed by atoms with Gasteiger partial charge in [-0.1, -0.05) is 23.7 Å². The quantitative estimate of drug-likeness (QED) is 0.890. The van der Waals surface area contributed by atoms with E-state index in [1.165, 1.54) is 30.3 Å². The lowest BCUT2D eigenvalue weighted by Crippen LogP contribution is -2.42. The summed E-state index contributed by atoms with van der Waals surface area (Å²) in [4.78, 5) is 23.3. The number of carbonyl (C=O) groups is 2. The van der Waals surface area contributed by atoms with Crippen LogP contribution < -0.4 is 5.32 Å². The SMILES string of the molecule is O=C(N[C@@H](Cc1cccc(F)c1)C(=O)O)c1ccc(Cl)cc1. The fourth-order valence-corrected chi connectivity index (χ4v) is 2.07. The van der Waals surface area contributed by atoms with Crippen molar-refractivity contribution in [2.24, 2.45) is 0 Å². The van der Waals surface area contributed by atoms with E-state index in [2.05, 4.69) is 5.32 Å². The Hall–Kier alpha value is -2.40. The molecule has 0 radical (unpaired) electrons. The first-order chi connectivity index (χ1) is 10.5. The van der Waals surface area contributed by atoms with Crippen LogP contribution in [0.25, 0.3) is 0 Å². The van der Waals surface area contributed by atoms with Crippen LogP contribution in [0.3, 0.4) is 0 Å². The van der Waals surface area contributed by atoms with Gasteiger partial charge in [0.25, 0.3) is 5.91 Å². The summed E-state index contributed by atoms with van der Waals surface area (Å²) in [6.07, 6.45) is -0.00752. The standard InChI is InChI=1S/C16H13ClFNO3/c17-12-6-4-11(5-7-12)15(20)19-14(16(21)22)9-10-2-1-3-13(18)8-10/h1-8,14H,9H2,(H,19,20)(H,21,22)/t14-/m0/s1. The Morgan fingerprint density at radius 1 is 1.18 bits per heavy atom. The number of carboxylic acids is 1. The molecule has 0 saturated carbocycles. The van der Waals surface area contributed by atoms with Gasteiger partial charge in [-0.15, -0.1) is 0 Å². The minimum Gasteiger partial charge on any atom is -0.480 e. The molecule has 0 fully saturated rings. The second kappa shape index (κ2) is 7.04. The molecule has 114 valence electrons. The number of nitrogens with one attached hydrogen (secondary N) is 1. The Morgan fingerprint density at radius 3 is 2.45 bits per heavy atom. The minimum atomic E-state index is -1.19. The van der Waals surface area contributed by atoms with E-state index in [1.807, 2.05) is 0 Å². The normalized spacial score (nSPS) is 11.7. The number of amides is 1. The highest BCUT2D eigenvalue weighted by Crippen LogP contribution is 2.11. The van der Waals surface area contributed by atoms with Crippen molar-refractivity contribution in [3.63, 3.8) is 0 Å². The number of benzene rings is 2. The van der Waals surface area contributed by atoms with Gasteiger partial charge < -0.3 is 10.4 Å². The van der Waals surface area contributed by atoms with E-state index in [9.17, 15) is 19.1 Å². The summed E-state index contributed by atoms with van der Waals surface area (Å²) in [5.74, 6) is -2.17. The lowest BCUT2D eigenvalue weighted by molar-refractivity contribution is -0.139. The first kappa shape index (κ1) is 16.0. The summed E-state index contributed by atoms with van der Waals surface area (Å²) in [7, 11) is 0. The van der Waals surface area contributed by atoms with Crippen LogP contribution in [0, 0.1) is 5.82 Å². The van der Waals surface area contributed by atoms with Crippen LogP contribution in [0.2, 0.25) is 5.02 Å². The van der Waals surface area contributed by atoms with Gasteiger partial charge in [0.15, 0.2) is 0 Å². The molecule has 0 heterocycles. The molecule has 2 N–H and O–H groups in total. The molecule has 0 spiro atoms. The maximum atomic E-state index is 13.1. The zero-order valence-corrected chi connectivity index (χ0v) is 12.2. The fourth-order valence-electron chi connectivity index (χ4n) is 1.94. The van der Waals surface area contributed by atoms with Crippen molar-refractivity contribution in [3.8, 4) is 0 Å². The van der Waals surface area contributed by atoms with E-state index in [0.717, 1.165) is 0 Å². The number of hydrogen-bond acceptors (Lipinski definition) is 2. The van der Waals surface area contributed by atoms with Crippen molar-refractivity contribution in [3.05, 3.63) is 70.5 Å². The van der Waals surface area contributed by atoms with Crippen LogP contribution in [0.5, 0.6) is 0 Å². The van der Waals surface area contributed by atoms with Gasteiger partial charge in [0.1, 0.15) is 11.9 Å². The molecule has 22 heavy (non-hydrogen) atoms. The van der Waals surface area contributed by atoms with Crippen molar-refractivity contribution in [2.45, 2.75) is 12.5 Å². The monoisotopic (exact) mass is 321 g/mol. The molecule has 1 amide bonds. The molecule has 2 aromatic rings. The van der Waals surface area contributed by atoms with E-state index in [1.54, 1.807) is 18.2 Å². The fraction of sp³-hybridized carbons (Fsp3) is 0.125. The molecule has 0 aliphatic carbocycles. The van der Waals surface area contributed by atoms with E-state index < -0.39 is 23.7 Å². The van der Waals surface area contributed by atoms with Crippen molar-refractivity contribution >= 4 is 23.5 Å². The lowest BCUT2D eigenvalue weighted by Gasteiger charge is -2.15. The molecule has 0 aliphatic heterocycles. The maximum Gasteiger partial charge on any atom is 0.326 e. The Kier molecular flexibility index (Phi) is 5.12. The van der Waals surface area contributed by atoms with E-state index >= 15 is 0 Å². The van der Waals surface area contributed by atoms with Gasteiger partial charge in [0.2, 0.25) is 0 Å². The number of carbonyl (C=O) groups excluding carboxylic acids is 1. The van der Waals surface area contributed by atoms with E-state index in [-0.39, 0.29) is 6.42 Å². The summed E-state index contributed by atoms with van der Waals surface area (Å²) in [6.45, 7) is 0. The molecular formula is C16H13ClFNO3. The smallest absolute Gasteiger partial charge is 0.326 e. The molecule has 0 saturated heterocycles. The summed E-state index contributed by atoms with van der Waals surface area (Å²) >= 11 is 5.73. The number of halogens is 2. The highest BCUT2D eigenvalue weighted by Gasteiger charge is 2.21. The number of hydrogen-bond donors (Lipinski definition) is 2. The first-order valence-corrected chi connectivity index (χ1v) is 6.87. The van der Waals surface area contributed by atoms with Crippen LogP contribution in [0.1, 0.15) is 15.9 Å². The topological polar surface area (TPSA) is 66.4 Å². The van der Waals surface area contributed by atoms with Crippen molar-refractivity contribution < 1.29 is 19.1 Å².